The van der Waals surface area contributed by atoms with E-state index in [1.807, 2.05) is 13.8 Å². The van der Waals surface area contributed by atoms with Crippen LogP contribution in [0.5, 0.6) is 0 Å². The van der Waals surface area contributed by atoms with Crippen LogP contribution < -0.4 is 0 Å². The lowest BCUT2D eigenvalue weighted by Gasteiger charge is -2.10. The number of carbonyl (C=O) groups is 1. The van der Waals surface area contributed by atoms with Crippen LogP contribution in [0.2, 0.25) is 5.02 Å². The molecule has 0 aliphatic heterocycles. The molecule has 0 fully saturated rings. The number of ether oxygens (including phenoxy) is 1. The van der Waals surface area contributed by atoms with E-state index in [1.165, 1.54) is 0 Å². The first-order chi connectivity index (χ1) is 6.63. The Kier molecular flexibility index (Phi) is 3.96. The van der Waals surface area contributed by atoms with Crippen molar-refractivity contribution in [3.63, 3.8) is 0 Å². The summed E-state index contributed by atoms with van der Waals surface area (Å²) in [4.78, 5) is 11.5. The number of halogens is 1. The van der Waals surface area contributed by atoms with Crippen LogP contribution in [0.3, 0.4) is 0 Å². The van der Waals surface area contributed by atoms with Gasteiger partial charge in [-0.3, -0.25) is 0 Å². The predicted octanol–water partition coefficient (Wildman–Crippen LogP) is 3.30. The van der Waals surface area contributed by atoms with E-state index in [-0.39, 0.29) is 12.1 Å². The molecular weight excluding hydrogens is 200 g/mol. The van der Waals surface area contributed by atoms with E-state index < -0.39 is 0 Å². The fourth-order valence-corrected chi connectivity index (χ4v) is 1.05. The number of hydrogen-bond acceptors (Lipinski definition) is 2. The Morgan fingerprint density at radius 2 is 2.00 bits per heavy atom. The average molecular weight is 213 g/mol. The molecule has 1 unspecified atom stereocenters. The first-order valence-electron chi connectivity index (χ1n) is 4.60. The van der Waals surface area contributed by atoms with Gasteiger partial charge in [0.1, 0.15) is 0 Å². The molecule has 0 heterocycles. The maximum atomic E-state index is 11.5. The third-order valence-electron chi connectivity index (χ3n) is 1.96. The summed E-state index contributed by atoms with van der Waals surface area (Å²) >= 11 is 5.70. The molecule has 0 saturated carbocycles. The van der Waals surface area contributed by atoms with E-state index in [9.17, 15) is 4.79 Å². The Morgan fingerprint density at radius 1 is 1.43 bits per heavy atom. The van der Waals surface area contributed by atoms with Gasteiger partial charge in [0.25, 0.3) is 0 Å². The van der Waals surface area contributed by atoms with Gasteiger partial charge in [-0.25, -0.2) is 4.79 Å². The van der Waals surface area contributed by atoms with Crippen LogP contribution >= 0.6 is 11.6 Å². The highest BCUT2D eigenvalue weighted by molar-refractivity contribution is 6.30. The van der Waals surface area contributed by atoms with Crippen molar-refractivity contribution in [1.82, 2.24) is 0 Å². The zero-order valence-corrected chi connectivity index (χ0v) is 9.04. The lowest BCUT2D eigenvalue weighted by Crippen LogP contribution is -2.13. The fourth-order valence-electron chi connectivity index (χ4n) is 0.920. The Bertz CT molecular complexity index is 306. The molecule has 0 aromatic heterocycles. The molecule has 1 aromatic rings. The summed E-state index contributed by atoms with van der Waals surface area (Å²) in [5.41, 5.74) is 0.537. The molecule has 0 aliphatic rings. The smallest absolute Gasteiger partial charge is 0.338 e. The number of rotatable bonds is 3. The predicted molar refractivity (Wildman–Crippen MR) is 56.6 cm³/mol. The molecule has 0 saturated heterocycles. The van der Waals surface area contributed by atoms with E-state index in [4.69, 9.17) is 16.3 Å². The summed E-state index contributed by atoms with van der Waals surface area (Å²) in [5, 5.41) is 0.616. The van der Waals surface area contributed by atoms with Gasteiger partial charge in [0.2, 0.25) is 0 Å². The van der Waals surface area contributed by atoms with Gasteiger partial charge in [0.15, 0.2) is 0 Å². The highest BCUT2D eigenvalue weighted by Crippen LogP contribution is 2.11. The van der Waals surface area contributed by atoms with E-state index in [0.29, 0.717) is 10.6 Å². The third kappa shape index (κ3) is 3.04. The van der Waals surface area contributed by atoms with Gasteiger partial charge in [0, 0.05) is 5.02 Å². The number of benzene rings is 1. The molecule has 0 N–H and O–H groups in total. The Labute approximate surface area is 88.8 Å². The molecule has 0 bridgehead atoms. The zero-order valence-electron chi connectivity index (χ0n) is 8.29. The van der Waals surface area contributed by atoms with Gasteiger partial charge in [-0.1, -0.05) is 18.5 Å². The first-order valence-corrected chi connectivity index (χ1v) is 4.97. The quantitative estimate of drug-likeness (QED) is 0.719. The summed E-state index contributed by atoms with van der Waals surface area (Å²) in [5.74, 6) is -0.295. The Balaban J connectivity index is 2.65. The Hall–Kier alpha value is -1.02. The van der Waals surface area contributed by atoms with Gasteiger partial charge in [-0.15, -0.1) is 0 Å². The average Bonchev–Trinajstić information content (AvgIpc) is 2.18. The van der Waals surface area contributed by atoms with Crippen molar-refractivity contribution in [3.05, 3.63) is 34.9 Å². The highest BCUT2D eigenvalue weighted by atomic mass is 35.5. The largest absolute Gasteiger partial charge is 0.459 e. The molecule has 14 heavy (non-hydrogen) atoms. The second-order valence-electron chi connectivity index (χ2n) is 3.13. The van der Waals surface area contributed by atoms with Gasteiger partial charge in [-0.05, 0) is 37.6 Å². The van der Waals surface area contributed by atoms with E-state index in [0.717, 1.165) is 6.42 Å². The van der Waals surface area contributed by atoms with E-state index in [1.54, 1.807) is 24.3 Å². The van der Waals surface area contributed by atoms with Gasteiger partial charge in [-0.2, -0.15) is 0 Å². The van der Waals surface area contributed by atoms with E-state index in [2.05, 4.69) is 0 Å². The second-order valence-corrected chi connectivity index (χ2v) is 3.57. The van der Waals surface area contributed by atoms with Crippen molar-refractivity contribution >= 4 is 17.6 Å². The van der Waals surface area contributed by atoms with Crippen molar-refractivity contribution in [2.75, 3.05) is 0 Å². The summed E-state index contributed by atoms with van der Waals surface area (Å²) in [6.45, 7) is 3.84. The number of carbonyl (C=O) groups excluding carboxylic acids is 1. The lowest BCUT2D eigenvalue weighted by atomic mass is 10.2. The zero-order chi connectivity index (χ0) is 10.6. The molecule has 1 rings (SSSR count). The lowest BCUT2D eigenvalue weighted by molar-refractivity contribution is 0.0334. The van der Waals surface area contributed by atoms with Crippen molar-refractivity contribution in [2.24, 2.45) is 0 Å². The minimum absolute atomic E-state index is 0.0434. The maximum Gasteiger partial charge on any atom is 0.338 e. The molecule has 3 heteroatoms. The topological polar surface area (TPSA) is 26.3 Å². The molecule has 0 spiro atoms. The van der Waals surface area contributed by atoms with Gasteiger partial charge in [0.05, 0.1) is 11.7 Å². The summed E-state index contributed by atoms with van der Waals surface area (Å²) < 4.78 is 5.14. The van der Waals surface area contributed by atoms with Crippen molar-refractivity contribution in [3.8, 4) is 0 Å². The van der Waals surface area contributed by atoms with Crippen LogP contribution in [-0.4, -0.2) is 12.1 Å². The maximum absolute atomic E-state index is 11.5. The second kappa shape index (κ2) is 5.01. The van der Waals surface area contributed by atoms with E-state index >= 15 is 0 Å². The minimum Gasteiger partial charge on any atom is -0.459 e. The molecule has 0 radical (unpaired) electrons. The van der Waals surface area contributed by atoms with Gasteiger partial charge < -0.3 is 4.74 Å². The van der Waals surface area contributed by atoms with Crippen LogP contribution in [0.1, 0.15) is 30.6 Å². The molecule has 1 atom stereocenters. The van der Waals surface area contributed by atoms with Crippen LogP contribution in [0.15, 0.2) is 24.3 Å². The van der Waals surface area contributed by atoms with Crippen LogP contribution in [0.25, 0.3) is 0 Å². The number of esters is 1. The highest BCUT2D eigenvalue weighted by Gasteiger charge is 2.09. The summed E-state index contributed by atoms with van der Waals surface area (Å²) in [6.07, 6.45) is 0.775. The molecule has 0 aliphatic carbocycles. The molecule has 2 nitrogen and oxygen atoms in total. The molecule has 1 aromatic carbocycles. The van der Waals surface area contributed by atoms with Crippen LogP contribution in [0, 0.1) is 0 Å². The molecule has 76 valence electrons. The Morgan fingerprint density at radius 3 is 2.50 bits per heavy atom. The fraction of sp³-hybridized carbons (Fsp3) is 0.364. The normalized spacial score (nSPS) is 12.2. The van der Waals surface area contributed by atoms with Crippen molar-refractivity contribution in [2.45, 2.75) is 26.4 Å². The number of hydrogen-bond donors (Lipinski definition) is 0. The summed E-state index contributed by atoms with van der Waals surface area (Å²) in [7, 11) is 0. The van der Waals surface area contributed by atoms with Gasteiger partial charge >= 0.3 is 5.97 Å². The molecular formula is C11H13ClO2. The van der Waals surface area contributed by atoms with Crippen LogP contribution in [-0.2, 0) is 4.74 Å². The van der Waals surface area contributed by atoms with Crippen LogP contribution in [0.4, 0.5) is 0 Å². The first kappa shape index (κ1) is 11.1. The van der Waals surface area contributed by atoms with Crippen molar-refractivity contribution < 1.29 is 9.53 Å². The standard InChI is InChI=1S/C11H13ClO2/c1-3-8(2)14-11(13)9-4-6-10(12)7-5-9/h4-8H,3H2,1-2H3. The summed E-state index contributed by atoms with van der Waals surface area (Å²) in [6, 6.07) is 6.67. The minimum atomic E-state index is -0.295. The van der Waals surface area contributed by atoms with Crippen molar-refractivity contribution in [1.29, 1.82) is 0 Å². The monoisotopic (exact) mass is 212 g/mol. The third-order valence-corrected chi connectivity index (χ3v) is 2.22. The molecule has 0 amide bonds. The SMILES string of the molecule is CCC(C)OC(=O)c1ccc(Cl)cc1.